The van der Waals surface area contributed by atoms with Crippen LogP contribution in [0.15, 0.2) is 72.1 Å². The van der Waals surface area contributed by atoms with Gasteiger partial charge in [-0.25, -0.2) is 8.42 Å². The predicted molar refractivity (Wildman–Crippen MR) is 129 cm³/mol. The van der Waals surface area contributed by atoms with E-state index in [4.69, 9.17) is 0 Å². The van der Waals surface area contributed by atoms with Crippen molar-refractivity contribution in [3.63, 3.8) is 0 Å². The first-order chi connectivity index (χ1) is 16.3. The average Bonchev–Trinajstić information content (AvgIpc) is 3.41. The highest BCUT2D eigenvalue weighted by molar-refractivity contribution is 7.89. The molecule has 2 aliphatic carbocycles. The van der Waals surface area contributed by atoms with Crippen LogP contribution >= 0.6 is 0 Å². The maximum absolute atomic E-state index is 13.2. The Morgan fingerprint density at radius 1 is 0.941 bits per heavy atom. The van der Waals surface area contributed by atoms with Crippen molar-refractivity contribution in [1.82, 2.24) is 9.62 Å². The highest BCUT2D eigenvalue weighted by Gasteiger charge is 2.45. The summed E-state index contributed by atoms with van der Waals surface area (Å²) in [6, 6.07) is 16.5. The zero-order chi connectivity index (χ0) is 23.9. The number of hydrogen-bond donors (Lipinski definition) is 2. The highest BCUT2D eigenvalue weighted by atomic mass is 32.2. The van der Waals surface area contributed by atoms with Gasteiger partial charge in [0, 0.05) is 30.7 Å². The molecule has 2 saturated carbocycles. The van der Waals surface area contributed by atoms with Crippen molar-refractivity contribution in [2.24, 2.45) is 17.8 Å². The molecule has 1 heterocycles. The number of anilines is 1. The Morgan fingerprint density at radius 3 is 2.21 bits per heavy atom. The third-order valence-corrected chi connectivity index (χ3v) is 9.21. The SMILES string of the molecule is C=CC(=O)NC1CC2CN(S(=O)(=O)c3ccc(NC(=O)C4CC4c4ccccc4)cc3)CC2C1. The predicted octanol–water partition coefficient (Wildman–Crippen LogP) is 3.13. The maximum atomic E-state index is 13.2. The number of amides is 2. The summed E-state index contributed by atoms with van der Waals surface area (Å²) in [6.45, 7) is 4.41. The van der Waals surface area contributed by atoms with Crippen LogP contribution in [0.5, 0.6) is 0 Å². The second-order valence-corrected chi connectivity index (χ2v) is 11.5. The molecule has 2 amide bonds. The topological polar surface area (TPSA) is 95.6 Å². The van der Waals surface area contributed by atoms with E-state index in [-0.39, 0.29) is 46.4 Å². The van der Waals surface area contributed by atoms with Gasteiger partial charge in [-0.1, -0.05) is 36.9 Å². The van der Waals surface area contributed by atoms with Crippen molar-refractivity contribution in [2.45, 2.75) is 36.1 Å². The Morgan fingerprint density at radius 2 is 1.59 bits per heavy atom. The third kappa shape index (κ3) is 4.52. The highest BCUT2D eigenvalue weighted by Crippen LogP contribution is 2.48. The van der Waals surface area contributed by atoms with E-state index in [9.17, 15) is 18.0 Å². The van der Waals surface area contributed by atoms with E-state index in [1.807, 2.05) is 30.3 Å². The molecule has 3 aliphatic rings. The standard InChI is InChI=1S/C26H29N3O4S/c1-2-25(30)27-21-12-18-15-29(16-19(18)13-21)34(32,33)22-10-8-20(9-11-22)28-26(31)24-14-23(24)17-6-4-3-5-7-17/h2-11,18-19,21,23-24H,1,12-16H2,(H,27,30)(H,28,31). The van der Waals surface area contributed by atoms with E-state index in [0.717, 1.165) is 19.3 Å². The van der Waals surface area contributed by atoms with Gasteiger partial charge in [-0.15, -0.1) is 0 Å². The van der Waals surface area contributed by atoms with Gasteiger partial charge in [0.2, 0.25) is 21.8 Å². The smallest absolute Gasteiger partial charge is 0.243 e. The van der Waals surface area contributed by atoms with E-state index >= 15 is 0 Å². The van der Waals surface area contributed by atoms with Crippen molar-refractivity contribution in [3.05, 3.63) is 72.8 Å². The van der Waals surface area contributed by atoms with E-state index in [1.165, 1.54) is 11.6 Å². The average molecular weight is 480 g/mol. The number of fused-ring (bicyclic) bond motifs is 1. The lowest BCUT2D eigenvalue weighted by Gasteiger charge is -2.19. The first-order valence-electron chi connectivity index (χ1n) is 11.7. The molecular weight excluding hydrogens is 450 g/mol. The zero-order valence-electron chi connectivity index (χ0n) is 18.9. The fourth-order valence-corrected chi connectivity index (χ4v) is 7.03. The van der Waals surface area contributed by atoms with Crippen molar-refractivity contribution in [3.8, 4) is 0 Å². The van der Waals surface area contributed by atoms with Crippen LogP contribution < -0.4 is 10.6 Å². The van der Waals surface area contributed by atoms with E-state index in [0.29, 0.717) is 18.8 Å². The van der Waals surface area contributed by atoms with Gasteiger partial charge in [0.1, 0.15) is 0 Å². The van der Waals surface area contributed by atoms with Crippen LogP contribution in [0.1, 0.15) is 30.7 Å². The van der Waals surface area contributed by atoms with Gasteiger partial charge in [0.05, 0.1) is 4.90 Å². The Labute approximate surface area is 200 Å². The van der Waals surface area contributed by atoms with Crippen LogP contribution in [0.25, 0.3) is 0 Å². The number of carbonyl (C=O) groups excluding carboxylic acids is 2. The van der Waals surface area contributed by atoms with Crippen molar-refractivity contribution >= 4 is 27.5 Å². The summed E-state index contributed by atoms with van der Waals surface area (Å²) in [5.41, 5.74) is 1.77. The molecule has 1 saturated heterocycles. The lowest BCUT2D eigenvalue weighted by molar-refractivity contribution is -0.118. The van der Waals surface area contributed by atoms with Crippen LogP contribution in [0.4, 0.5) is 5.69 Å². The molecule has 0 bridgehead atoms. The largest absolute Gasteiger partial charge is 0.350 e. The second kappa shape index (κ2) is 9.00. The lowest BCUT2D eigenvalue weighted by Crippen LogP contribution is -2.35. The van der Waals surface area contributed by atoms with Gasteiger partial charge in [0.15, 0.2) is 0 Å². The number of rotatable bonds is 7. The second-order valence-electron chi connectivity index (χ2n) is 9.60. The molecule has 0 radical (unpaired) electrons. The lowest BCUT2D eigenvalue weighted by atomic mass is 10.0. The molecular formula is C26H29N3O4S. The molecule has 5 rings (SSSR count). The Kier molecular flexibility index (Phi) is 6.04. The molecule has 178 valence electrons. The molecule has 7 nitrogen and oxygen atoms in total. The molecule has 0 aromatic heterocycles. The quantitative estimate of drug-likeness (QED) is 0.597. The van der Waals surface area contributed by atoms with Crippen LogP contribution in [0.3, 0.4) is 0 Å². The van der Waals surface area contributed by atoms with Crippen LogP contribution in [-0.2, 0) is 19.6 Å². The van der Waals surface area contributed by atoms with Crippen LogP contribution in [0, 0.1) is 17.8 Å². The number of nitrogens with one attached hydrogen (secondary N) is 2. The molecule has 3 fully saturated rings. The van der Waals surface area contributed by atoms with Gasteiger partial charge in [-0.3, -0.25) is 9.59 Å². The van der Waals surface area contributed by atoms with Gasteiger partial charge in [-0.05, 0) is 72.9 Å². The fourth-order valence-electron chi connectivity index (χ4n) is 5.48. The molecule has 1 aliphatic heterocycles. The van der Waals surface area contributed by atoms with Crippen molar-refractivity contribution in [2.75, 3.05) is 18.4 Å². The molecule has 4 atom stereocenters. The summed E-state index contributed by atoms with van der Waals surface area (Å²) in [5, 5.41) is 5.85. The van der Waals surface area contributed by atoms with Gasteiger partial charge < -0.3 is 10.6 Å². The normalized spacial score (nSPS) is 28.2. The summed E-state index contributed by atoms with van der Waals surface area (Å²) in [7, 11) is -3.60. The summed E-state index contributed by atoms with van der Waals surface area (Å²) in [4.78, 5) is 24.4. The summed E-state index contributed by atoms with van der Waals surface area (Å²) >= 11 is 0. The van der Waals surface area contributed by atoms with E-state index in [1.54, 1.807) is 28.6 Å². The van der Waals surface area contributed by atoms with Gasteiger partial charge in [0.25, 0.3) is 0 Å². The summed E-state index contributed by atoms with van der Waals surface area (Å²) < 4.78 is 27.9. The number of nitrogens with zero attached hydrogens (tertiary/aromatic N) is 1. The molecule has 2 aromatic rings. The zero-order valence-corrected chi connectivity index (χ0v) is 19.7. The molecule has 34 heavy (non-hydrogen) atoms. The molecule has 8 heteroatoms. The molecule has 4 unspecified atom stereocenters. The third-order valence-electron chi connectivity index (χ3n) is 7.36. The minimum absolute atomic E-state index is 0.0325. The number of hydrogen-bond acceptors (Lipinski definition) is 4. The first-order valence-corrected chi connectivity index (χ1v) is 13.2. The molecule has 0 spiro atoms. The fraction of sp³-hybridized carbons (Fsp3) is 0.385. The van der Waals surface area contributed by atoms with Crippen molar-refractivity contribution < 1.29 is 18.0 Å². The minimum Gasteiger partial charge on any atom is -0.350 e. The summed E-state index contributed by atoms with van der Waals surface area (Å²) in [5.74, 6) is 0.489. The number of carbonyl (C=O) groups is 2. The van der Waals surface area contributed by atoms with E-state index in [2.05, 4.69) is 17.2 Å². The van der Waals surface area contributed by atoms with Crippen molar-refractivity contribution in [1.29, 1.82) is 0 Å². The van der Waals surface area contributed by atoms with Crippen LogP contribution in [0.2, 0.25) is 0 Å². The Bertz CT molecular complexity index is 1180. The molecule has 2 N–H and O–H groups in total. The van der Waals surface area contributed by atoms with Gasteiger partial charge in [-0.2, -0.15) is 4.31 Å². The number of sulfonamides is 1. The summed E-state index contributed by atoms with van der Waals surface area (Å²) in [6.07, 6.45) is 3.67. The van der Waals surface area contributed by atoms with Crippen LogP contribution in [-0.4, -0.2) is 43.7 Å². The number of benzene rings is 2. The minimum atomic E-state index is -3.60. The molecule has 2 aromatic carbocycles. The van der Waals surface area contributed by atoms with E-state index < -0.39 is 10.0 Å². The maximum Gasteiger partial charge on any atom is 0.243 e. The Hall–Kier alpha value is -2.97. The monoisotopic (exact) mass is 479 g/mol. The Balaban J connectivity index is 1.17. The first kappa shape index (κ1) is 22.8. The van der Waals surface area contributed by atoms with Gasteiger partial charge >= 0.3 is 0 Å².